The molecule has 1 fully saturated rings. The number of amides is 1. The summed E-state index contributed by atoms with van der Waals surface area (Å²) < 4.78 is 0. The molecule has 0 bridgehead atoms. The number of carbonyl (C=O) groups excluding carboxylic acids is 1. The molecule has 2 N–H and O–H groups in total. The van der Waals surface area contributed by atoms with Gasteiger partial charge in [0.05, 0.1) is 5.41 Å². The Balaban J connectivity index is 2.11. The second kappa shape index (κ2) is 4.73. The van der Waals surface area contributed by atoms with Crippen LogP contribution in [-0.2, 0) is 11.3 Å². The Kier molecular flexibility index (Phi) is 3.44. The number of hydrogen-bond acceptors (Lipinski definition) is 2. The average molecular weight is 246 g/mol. The first-order valence-electron chi connectivity index (χ1n) is 6.52. The summed E-state index contributed by atoms with van der Waals surface area (Å²) in [7, 11) is 0. The molecule has 1 saturated heterocycles. The molecule has 18 heavy (non-hydrogen) atoms. The van der Waals surface area contributed by atoms with Gasteiger partial charge in [-0.3, -0.25) is 4.79 Å². The number of aryl methyl sites for hydroxylation is 1. The molecule has 1 aliphatic rings. The lowest BCUT2D eigenvalue weighted by molar-refractivity contribution is -0.146. The molecule has 0 spiro atoms. The topological polar surface area (TPSA) is 46.3 Å². The molecule has 1 aliphatic heterocycles. The molecule has 1 aromatic rings. The van der Waals surface area contributed by atoms with Gasteiger partial charge in [-0.05, 0) is 32.8 Å². The van der Waals surface area contributed by atoms with Crippen LogP contribution in [0.3, 0.4) is 0 Å². The largest absolute Gasteiger partial charge is 0.338 e. The van der Waals surface area contributed by atoms with Crippen molar-refractivity contribution in [2.75, 3.05) is 6.54 Å². The maximum atomic E-state index is 12.4. The Morgan fingerprint density at radius 3 is 2.56 bits per heavy atom. The molecule has 0 aromatic heterocycles. The Hall–Kier alpha value is -1.35. The second-order valence-corrected chi connectivity index (χ2v) is 5.83. The Morgan fingerprint density at radius 1 is 1.33 bits per heavy atom. The number of nitrogens with two attached hydrogens (primary N) is 1. The Labute approximate surface area is 109 Å². The van der Waals surface area contributed by atoms with Gasteiger partial charge in [-0.15, -0.1) is 0 Å². The summed E-state index contributed by atoms with van der Waals surface area (Å²) >= 11 is 0. The van der Waals surface area contributed by atoms with Gasteiger partial charge >= 0.3 is 0 Å². The number of nitrogens with zero attached hydrogens (tertiary/aromatic N) is 1. The predicted octanol–water partition coefficient (Wildman–Crippen LogP) is 2.08. The van der Waals surface area contributed by atoms with Crippen LogP contribution in [-0.4, -0.2) is 23.4 Å². The van der Waals surface area contributed by atoms with E-state index in [0.717, 1.165) is 13.0 Å². The summed E-state index contributed by atoms with van der Waals surface area (Å²) in [6, 6.07) is 8.31. The summed E-state index contributed by atoms with van der Waals surface area (Å²) in [4.78, 5) is 14.3. The molecule has 1 amide bonds. The minimum atomic E-state index is -0.442. The first kappa shape index (κ1) is 13.1. The van der Waals surface area contributed by atoms with Gasteiger partial charge in [0.2, 0.25) is 5.91 Å². The molecule has 3 heteroatoms. The van der Waals surface area contributed by atoms with E-state index < -0.39 is 5.41 Å². The molecule has 0 aliphatic carbocycles. The highest BCUT2D eigenvalue weighted by atomic mass is 16.2. The third-order valence-corrected chi connectivity index (χ3v) is 3.97. The molecular formula is C15H22N2O. The van der Waals surface area contributed by atoms with Crippen LogP contribution in [0.4, 0.5) is 0 Å². The summed E-state index contributed by atoms with van der Waals surface area (Å²) in [5.74, 6) is 0.168. The van der Waals surface area contributed by atoms with Gasteiger partial charge < -0.3 is 10.6 Å². The van der Waals surface area contributed by atoms with Crippen molar-refractivity contribution in [1.29, 1.82) is 0 Å². The summed E-state index contributed by atoms with van der Waals surface area (Å²) in [6.45, 7) is 7.41. The Morgan fingerprint density at radius 2 is 1.94 bits per heavy atom. The number of piperidine rings is 1. The van der Waals surface area contributed by atoms with E-state index in [4.69, 9.17) is 5.73 Å². The van der Waals surface area contributed by atoms with Crippen molar-refractivity contribution in [2.24, 2.45) is 11.1 Å². The maximum absolute atomic E-state index is 12.4. The van der Waals surface area contributed by atoms with Gasteiger partial charge in [-0.1, -0.05) is 29.8 Å². The summed E-state index contributed by atoms with van der Waals surface area (Å²) in [6.07, 6.45) is 0.880. The van der Waals surface area contributed by atoms with Gasteiger partial charge in [-0.25, -0.2) is 0 Å². The summed E-state index contributed by atoms with van der Waals surface area (Å²) in [5, 5.41) is 0. The quantitative estimate of drug-likeness (QED) is 0.868. The molecule has 1 unspecified atom stereocenters. The van der Waals surface area contributed by atoms with E-state index in [-0.39, 0.29) is 11.9 Å². The highest BCUT2D eigenvalue weighted by Gasteiger charge is 2.41. The van der Waals surface area contributed by atoms with Crippen molar-refractivity contribution in [2.45, 2.75) is 39.8 Å². The van der Waals surface area contributed by atoms with Crippen LogP contribution in [0.5, 0.6) is 0 Å². The first-order valence-corrected chi connectivity index (χ1v) is 6.52. The molecule has 1 aromatic carbocycles. The fourth-order valence-electron chi connectivity index (χ4n) is 2.39. The lowest BCUT2D eigenvalue weighted by Crippen LogP contribution is -2.56. The average Bonchev–Trinajstić information content (AvgIpc) is 2.33. The summed E-state index contributed by atoms with van der Waals surface area (Å²) in [5.41, 5.74) is 8.01. The Bertz CT molecular complexity index is 436. The van der Waals surface area contributed by atoms with Crippen molar-refractivity contribution in [3.63, 3.8) is 0 Å². The smallest absolute Gasteiger partial charge is 0.230 e. The zero-order valence-electron chi connectivity index (χ0n) is 11.4. The van der Waals surface area contributed by atoms with E-state index >= 15 is 0 Å². The predicted molar refractivity (Wildman–Crippen MR) is 73.0 cm³/mol. The van der Waals surface area contributed by atoms with Crippen LogP contribution in [0.1, 0.15) is 31.4 Å². The van der Waals surface area contributed by atoms with E-state index in [1.165, 1.54) is 11.1 Å². The van der Waals surface area contributed by atoms with Crippen LogP contribution < -0.4 is 5.73 Å². The zero-order chi connectivity index (χ0) is 13.3. The fourth-order valence-corrected chi connectivity index (χ4v) is 2.39. The zero-order valence-corrected chi connectivity index (χ0v) is 11.4. The number of rotatable bonds is 2. The van der Waals surface area contributed by atoms with Crippen molar-refractivity contribution in [3.8, 4) is 0 Å². The molecule has 1 heterocycles. The lowest BCUT2D eigenvalue weighted by atomic mass is 9.78. The van der Waals surface area contributed by atoms with Gasteiger partial charge in [0.1, 0.15) is 0 Å². The molecule has 1 atom stereocenters. The molecule has 0 radical (unpaired) electrons. The van der Waals surface area contributed by atoms with Crippen LogP contribution >= 0.6 is 0 Å². The normalized spacial score (nSPS) is 23.2. The highest BCUT2D eigenvalue weighted by molar-refractivity contribution is 5.83. The maximum Gasteiger partial charge on any atom is 0.230 e. The number of carbonyl (C=O) groups is 1. The molecule has 98 valence electrons. The van der Waals surface area contributed by atoms with Gasteiger partial charge in [0.15, 0.2) is 0 Å². The van der Waals surface area contributed by atoms with Crippen LogP contribution in [0, 0.1) is 12.3 Å². The number of hydrogen-bond donors (Lipinski definition) is 1. The number of benzene rings is 1. The van der Waals surface area contributed by atoms with E-state index in [0.29, 0.717) is 6.54 Å². The minimum absolute atomic E-state index is 0.0285. The highest BCUT2D eigenvalue weighted by Crippen LogP contribution is 2.30. The standard InChI is InChI=1S/C15H22N2O/c1-11-4-6-12(7-5-11)10-17-9-8-13(16)15(2,3)14(17)18/h4-7,13H,8-10,16H2,1-3H3. The molecular weight excluding hydrogens is 224 g/mol. The fraction of sp³-hybridized carbons (Fsp3) is 0.533. The van der Waals surface area contributed by atoms with Crippen molar-refractivity contribution >= 4 is 5.91 Å². The van der Waals surface area contributed by atoms with Crippen LogP contribution in [0.2, 0.25) is 0 Å². The SMILES string of the molecule is Cc1ccc(CN2CCC(N)C(C)(C)C2=O)cc1. The molecule has 0 saturated carbocycles. The van der Waals surface area contributed by atoms with E-state index in [9.17, 15) is 4.79 Å². The third-order valence-electron chi connectivity index (χ3n) is 3.97. The van der Waals surface area contributed by atoms with E-state index in [1.54, 1.807) is 0 Å². The molecule has 3 nitrogen and oxygen atoms in total. The first-order chi connectivity index (χ1) is 8.41. The monoisotopic (exact) mass is 246 g/mol. The van der Waals surface area contributed by atoms with E-state index in [2.05, 4.69) is 31.2 Å². The van der Waals surface area contributed by atoms with Crippen LogP contribution in [0.15, 0.2) is 24.3 Å². The van der Waals surface area contributed by atoms with Crippen molar-refractivity contribution in [1.82, 2.24) is 4.90 Å². The van der Waals surface area contributed by atoms with E-state index in [1.807, 2.05) is 18.7 Å². The lowest BCUT2D eigenvalue weighted by Gasteiger charge is -2.41. The van der Waals surface area contributed by atoms with Crippen molar-refractivity contribution < 1.29 is 4.79 Å². The minimum Gasteiger partial charge on any atom is -0.338 e. The molecule has 2 rings (SSSR count). The third kappa shape index (κ3) is 2.41. The van der Waals surface area contributed by atoms with Gasteiger partial charge in [0, 0.05) is 19.1 Å². The number of likely N-dealkylation sites (tertiary alicyclic amines) is 1. The van der Waals surface area contributed by atoms with Crippen LogP contribution in [0.25, 0.3) is 0 Å². The second-order valence-electron chi connectivity index (χ2n) is 5.83. The van der Waals surface area contributed by atoms with Gasteiger partial charge in [-0.2, -0.15) is 0 Å². The van der Waals surface area contributed by atoms with Crippen molar-refractivity contribution in [3.05, 3.63) is 35.4 Å². The van der Waals surface area contributed by atoms with Gasteiger partial charge in [0.25, 0.3) is 0 Å².